The van der Waals surface area contributed by atoms with Gasteiger partial charge in [-0.25, -0.2) is 0 Å². The summed E-state index contributed by atoms with van der Waals surface area (Å²) in [4.78, 5) is 25.5. The van der Waals surface area contributed by atoms with Gasteiger partial charge in [-0.3, -0.25) is 9.59 Å². The highest BCUT2D eigenvalue weighted by Crippen LogP contribution is 2.40. The number of hydrogen-bond donors (Lipinski definition) is 0. The molecular weight excluding hydrogens is 436 g/mol. The Balaban J connectivity index is 1.54. The molecule has 174 valence electrons. The molecule has 0 N–H and O–H groups in total. The van der Waals surface area contributed by atoms with E-state index in [1.165, 1.54) is 0 Å². The molecular formula is C27H24O7. The highest BCUT2D eigenvalue weighted by Gasteiger charge is 2.30. The minimum absolute atomic E-state index is 0.149. The van der Waals surface area contributed by atoms with E-state index in [-0.39, 0.29) is 23.9 Å². The maximum absolute atomic E-state index is 13.0. The van der Waals surface area contributed by atoms with Gasteiger partial charge in [-0.05, 0) is 67.6 Å². The maximum Gasteiger partial charge on any atom is 0.231 e. The lowest BCUT2D eigenvalue weighted by Gasteiger charge is -2.11. The fraction of sp³-hybridized carbons (Fsp3) is 0.185. The van der Waals surface area contributed by atoms with Gasteiger partial charge >= 0.3 is 0 Å². The van der Waals surface area contributed by atoms with E-state index in [1.807, 2.05) is 0 Å². The average molecular weight is 460 g/mol. The molecule has 0 radical (unpaired) electrons. The van der Waals surface area contributed by atoms with Crippen LogP contribution in [0.2, 0.25) is 0 Å². The lowest BCUT2D eigenvalue weighted by atomic mass is 10.1. The molecule has 7 heteroatoms. The zero-order valence-electron chi connectivity index (χ0n) is 19.3. The zero-order chi connectivity index (χ0) is 24.2. The lowest BCUT2D eigenvalue weighted by Crippen LogP contribution is -2.12. The van der Waals surface area contributed by atoms with E-state index in [2.05, 4.69) is 0 Å². The molecule has 0 spiro atoms. The molecule has 1 heterocycles. The standard InChI is InChI=1S/C27H24O7/c1-16-23(33-15-22(28)17-5-7-19(30-2)8-6-17)12-10-21-26(29)25(34-27(16)21)14-18-13-20(31-3)9-11-24(18)32-4/h5-14H,15H2,1-4H3/b25-14-. The molecule has 0 amide bonds. The summed E-state index contributed by atoms with van der Waals surface area (Å²) in [5, 5.41) is 0. The third kappa shape index (κ3) is 4.45. The Bertz CT molecular complexity index is 1270. The van der Waals surface area contributed by atoms with Gasteiger partial charge in [0.2, 0.25) is 5.78 Å². The zero-order valence-corrected chi connectivity index (χ0v) is 19.3. The van der Waals surface area contributed by atoms with Gasteiger partial charge in [0.25, 0.3) is 0 Å². The number of rotatable bonds is 8. The maximum atomic E-state index is 13.0. The summed E-state index contributed by atoms with van der Waals surface area (Å²) in [6.45, 7) is 1.64. The van der Waals surface area contributed by atoms with E-state index in [4.69, 9.17) is 23.7 Å². The SMILES string of the molecule is COc1ccc(C(=O)COc2ccc3c(c2C)O/C(=C\c2cc(OC)ccc2OC)C3=O)cc1. The third-order valence-corrected chi connectivity index (χ3v) is 5.53. The van der Waals surface area contributed by atoms with E-state index in [9.17, 15) is 9.59 Å². The minimum Gasteiger partial charge on any atom is -0.497 e. The first kappa shape index (κ1) is 22.9. The predicted molar refractivity (Wildman–Crippen MR) is 126 cm³/mol. The minimum atomic E-state index is -0.246. The van der Waals surface area contributed by atoms with E-state index >= 15 is 0 Å². The van der Waals surface area contributed by atoms with Crippen molar-refractivity contribution in [2.75, 3.05) is 27.9 Å². The molecule has 0 saturated carbocycles. The Morgan fingerprint density at radius 1 is 0.882 bits per heavy atom. The van der Waals surface area contributed by atoms with Gasteiger partial charge in [-0.1, -0.05) is 0 Å². The van der Waals surface area contributed by atoms with Crippen LogP contribution in [0.1, 0.15) is 31.8 Å². The first-order valence-corrected chi connectivity index (χ1v) is 10.5. The van der Waals surface area contributed by atoms with E-state index in [0.717, 1.165) is 0 Å². The van der Waals surface area contributed by atoms with Gasteiger partial charge in [0.05, 0.1) is 26.9 Å². The second-order valence-electron chi connectivity index (χ2n) is 7.55. The van der Waals surface area contributed by atoms with Crippen LogP contribution in [0.15, 0.2) is 60.4 Å². The molecule has 0 fully saturated rings. The van der Waals surface area contributed by atoms with Gasteiger partial charge in [0.1, 0.15) is 28.7 Å². The van der Waals surface area contributed by atoms with Crippen molar-refractivity contribution in [3.8, 4) is 28.7 Å². The second kappa shape index (κ2) is 9.70. The van der Waals surface area contributed by atoms with Crippen molar-refractivity contribution in [3.63, 3.8) is 0 Å². The van der Waals surface area contributed by atoms with E-state index < -0.39 is 0 Å². The van der Waals surface area contributed by atoms with E-state index in [0.29, 0.717) is 51.0 Å². The van der Waals surface area contributed by atoms with Crippen LogP contribution in [0.3, 0.4) is 0 Å². The topological polar surface area (TPSA) is 80.3 Å². The van der Waals surface area contributed by atoms with Crippen molar-refractivity contribution in [3.05, 3.63) is 82.6 Å². The predicted octanol–water partition coefficient (Wildman–Crippen LogP) is 4.90. The summed E-state index contributed by atoms with van der Waals surface area (Å²) in [6, 6.07) is 15.4. The summed E-state index contributed by atoms with van der Waals surface area (Å²) in [7, 11) is 4.68. The first-order valence-electron chi connectivity index (χ1n) is 10.5. The lowest BCUT2D eigenvalue weighted by molar-refractivity contribution is 0.0920. The number of hydrogen-bond acceptors (Lipinski definition) is 7. The number of ketones is 2. The van der Waals surface area contributed by atoms with Crippen molar-refractivity contribution < 1.29 is 33.3 Å². The molecule has 0 aliphatic carbocycles. The number of carbonyl (C=O) groups excluding carboxylic acids is 2. The van der Waals surface area contributed by atoms with Crippen molar-refractivity contribution in [1.82, 2.24) is 0 Å². The highest BCUT2D eigenvalue weighted by molar-refractivity contribution is 6.15. The molecule has 34 heavy (non-hydrogen) atoms. The van der Waals surface area contributed by atoms with Crippen LogP contribution in [0.25, 0.3) is 6.08 Å². The van der Waals surface area contributed by atoms with Crippen LogP contribution in [0.5, 0.6) is 28.7 Å². The Kier molecular flexibility index (Phi) is 6.54. The molecule has 1 aliphatic rings. The normalized spacial score (nSPS) is 13.3. The molecule has 0 unspecified atom stereocenters. The summed E-state index contributed by atoms with van der Waals surface area (Å²) >= 11 is 0. The van der Waals surface area contributed by atoms with Gasteiger partial charge < -0.3 is 23.7 Å². The molecule has 0 aromatic heterocycles. The van der Waals surface area contributed by atoms with Crippen LogP contribution >= 0.6 is 0 Å². The summed E-state index contributed by atoms with van der Waals surface area (Å²) < 4.78 is 27.5. The van der Waals surface area contributed by atoms with Gasteiger partial charge in [-0.15, -0.1) is 0 Å². The van der Waals surface area contributed by atoms with Crippen molar-refractivity contribution in [2.45, 2.75) is 6.92 Å². The van der Waals surface area contributed by atoms with E-state index in [1.54, 1.807) is 88.9 Å². The first-order chi connectivity index (χ1) is 16.4. The Morgan fingerprint density at radius 3 is 2.24 bits per heavy atom. The van der Waals surface area contributed by atoms with Gasteiger partial charge in [0.15, 0.2) is 18.1 Å². The summed E-state index contributed by atoms with van der Waals surface area (Å²) in [5.74, 6) is 2.50. The number of allylic oxidation sites excluding steroid dienone is 1. The average Bonchev–Trinajstić information content (AvgIpc) is 3.19. The number of Topliss-reactive ketones (excluding diaryl/α,β-unsaturated/α-hetero) is 2. The summed E-state index contributed by atoms with van der Waals surface area (Å²) in [6.07, 6.45) is 1.62. The van der Waals surface area contributed by atoms with Gasteiger partial charge in [-0.2, -0.15) is 0 Å². The molecule has 0 saturated heterocycles. The number of benzene rings is 3. The van der Waals surface area contributed by atoms with Crippen LogP contribution in [0, 0.1) is 6.92 Å². The number of carbonyl (C=O) groups is 2. The smallest absolute Gasteiger partial charge is 0.231 e. The Hall–Kier alpha value is -4.26. The van der Waals surface area contributed by atoms with Crippen molar-refractivity contribution >= 4 is 17.6 Å². The van der Waals surface area contributed by atoms with Gasteiger partial charge in [0, 0.05) is 16.7 Å². The fourth-order valence-electron chi connectivity index (χ4n) is 3.62. The molecule has 1 aliphatic heterocycles. The Labute approximate surface area is 197 Å². The number of methoxy groups -OCH3 is 3. The molecule has 3 aromatic carbocycles. The van der Waals surface area contributed by atoms with Crippen molar-refractivity contribution in [2.24, 2.45) is 0 Å². The largest absolute Gasteiger partial charge is 0.497 e. The molecule has 3 aromatic rings. The molecule has 0 bridgehead atoms. The fourth-order valence-corrected chi connectivity index (χ4v) is 3.62. The Morgan fingerprint density at radius 2 is 1.56 bits per heavy atom. The third-order valence-electron chi connectivity index (χ3n) is 5.53. The highest BCUT2D eigenvalue weighted by atomic mass is 16.5. The quantitative estimate of drug-likeness (QED) is 0.349. The number of fused-ring (bicyclic) bond motifs is 1. The number of ether oxygens (including phenoxy) is 5. The van der Waals surface area contributed by atoms with Crippen molar-refractivity contribution in [1.29, 1.82) is 0 Å². The summed E-state index contributed by atoms with van der Waals surface area (Å²) in [5.41, 5.74) is 2.23. The molecule has 4 rings (SSSR count). The second-order valence-corrected chi connectivity index (χ2v) is 7.55. The molecule has 0 atom stereocenters. The monoisotopic (exact) mass is 460 g/mol. The van der Waals surface area contributed by atoms with Crippen LogP contribution in [-0.4, -0.2) is 39.5 Å². The van der Waals surface area contributed by atoms with Crippen LogP contribution in [0.4, 0.5) is 0 Å². The van der Waals surface area contributed by atoms with Crippen LogP contribution < -0.4 is 23.7 Å². The molecule has 7 nitrogen and oxygen atoms in total. The van der Waals surface area contributed by atoms with Crippen LogP contribution in [-0.2, 0) is 0 Å².